The molecule has 0 fully saturated rings. The summed E-state index contributed by atoms with van der Waals surface area (Å²) < 4.78 is 28.7. The van der Waals surface area contributed by atoms with Crippen LogP contribution in [0.4, 0.5) is 5.69 Å². The van der Waals surface area contributed by atoms with Crippen molar-refractivity contribution in [3.8, 4) is 5.69 Å². The average Bonchev–Trinajstić information content (AvgIpc) is 3.10. The fourth-order valence-electron chi connectivity index (χ4n) is 2.26. The zero-order chi connectivity index (χ0) is 17.9. The number of nitrogens with one attached hydrogen (secondary N) is 1. The van der Waals surface area contributed by atoms with Crippen LogP contribution in [0.25, 0.3) is 5.69 Å². The first kappa shape index (κ1) is 16.8. The molecule has 25 heavy (non-hydrogen) atoms. The van der Waals surface area contributed by atoms with Crippen molar-refractivity contribution in [2.75, 3.05) is 0 Å². The van der Waals surface area contributed by atoms with Gasteiger partial charge in [0.15, 0.2) is 4.90 Å². The molecular weight excluding hydrogens is 344 g/mol. The Kier molecular flexibility index (Phi) is 4.59. The Hall–Kier alpha value is -3.04. The van der Waals surface area contributed by atoms with Crippen molar-refractivity contribution in [2.24, 2.45) is 0 Å². The number of aromatic nitrogens is 2. The Bertz CT molecular complexity index is 1000. The van der Waals surface area contributed by atoms with E-state index in [4.69, 9.17) is 0 Å². The molecule has 9 heteroatoms. The summed E-state index contributed by atoms with van der Waals surface area (Å²) >= 11 is 0. The third-order valence-corrected chi connectivity index (χ3v) is 4.92. The van der Waals surface area contributed by atoms with E-state index in [1.54, 1.807) is 10.9 Å². The molecule has 0 saturated carbocycles. The quantitative estimate of drug-likeness (QED) is 0.537. The van der Waals surface area contributed by atoms with E-state index in [1.165, 1.54) is 24.4 Å². The normalized spacial score (nSPS) is 11.4. The van der Waals surface area contributed by atoms with Crippen molar-refractivity contribution in [2.45, 2.75) is 11.4 Å². The highest BCUT2D eigenvalue weighted by Crippen LogP contribution is 2.22. The lowest BCUT2D eigenvalue weighted by Gasteiger charge is -2.06. The summed E-state index contributed by atoms with van der Waals surface area (Å²) in [5.41, 5.74) is 1.01. The molecule has 1 aromatic heterocycles. The van der Waals surface area contributed by atoms with Crippen LogP contribution in [0.2, 0.25) is 0 Å². The number of rotatable bonds is 6. The van der Waals surface area contributed by atoms with Crippen LogP contribution < -0.4 is 4.72 Å². The number of nitro groups is 1. The zero-order valence-corrected chi connectivity index (χ0v) is 13.8. The summed E-state index contributed by atoms with van der Waals surface area (Å²) in [7, 11) is -4.02. The largest absolute Gasteiger partial charge is 0.289 e. The van der Waals surface area contributed by atoms with Gasteiger partial charge in [0, 0.05) is 24.4 Å². The molecule has 1 heterocycles. The fraction of sp³-hybridized carbons (Fsp3) is 0.0625. The number of hydrogen-bond acceptors (Lipinski definition) is 5. The molecule has 1 N–H and O–H groups in total. The molecule has 0 spiro atoms. The van der Waals surface area contributed by atoms with Gasteiger partial charge in [-0.05, 0) is 18.2 Å². The molecule has 2 aromatic carbocycles. The Balaban J connectivity index is 1.78. The van der Waals surface area contributed by atoms with Crippen LogP contribution >= 0.6 is 0 Å². The number of benzene rings is 2. The molecule has 0 aliphatic carbocycles. The molecule has 3 aromatic rings. The monoisotopic (exact) mass is 358 g/mol. The molecule has 0 saturated heterocycles. The lowest BCUT2D eigenvalue weighted by Crippen LogP contribution is -2.23. The smallest absolute Gasteiger partial charge is 0.258 e. The Morgan fingerprint density at radius 1 is 1.08 bits per heavy atom. The van der Waals surface area contributed by atoms with Gasteiger partial charge in [0.1, 0.15) is 0 Å². The second-order valence-electron chi connectivity index (χ2n) is 5.18. The third kappa shape index (κ3) is 3.73. The van der Waals surface area contributed by atoms with Gasteiger partial charge in [0.05, 0.1) is 16.8 Å². The Morgan fingerprint density at radius 2 is 1.76 bits per heavy atom. The maximum absolute atomic E-state index is 12.4. The van der Waals surface area contributed by atoms with Crippen molar-refractivity contribution in [3.05, 3.63) is 82.7 Å². The standard InChI is InChI=1S/C16H14N4O4S/c21-20(22)15-8-4-5-9-16(15)25(23,24)18-11-13-10-17-19(12-13)14-6-2-1-3-7-14/h1-10,12,18H,11H2. The van der Waals surface area contributed by atoms with Gasteiger partial charge in [-0.25, -0.2) is 17.8 Å². The van der Waals surface area contributed by atoms with Crippen molar-refractivity contribution in [1.29, 1.82) is 0 Å². The molecule has 128 valence electrons. The summed E-state index contributed by atoms with van der Waals surface area (Å²) in [6.07, 6.45) is 3.23. The first-order valence-corrected chi connectivity index (χ1v) is 8.78. The SMILES string of the molecule is O=[N+]([O-])c1ccccc1S(=O)(=O)NCc1cnn(-c2ccccc2)c1. The number of nitrogens with zero attached hydrogens (tertiary/aromatic N) is 3. The molecule has 0 bridgehead atoms. The van der Waals surface area contributed by atoms with Crippen LogP contribution in [-0.4, -0.2) is 23.1 Å². The molecule has 0 radical (unpaired) electrons. The summed E-state index contributed by atoms with van der Waals surface area (Å²) in [5, 5.41) is 15.2. The average molecular weight is 358 g/mol. The predicted octanol–water partition coefficient (Wildman–Crippen LogP) is 2.26. The minimum absolute atomic E-state index is 0.0266. The number of para-hydroxylation sites is 2. The summed E-state index contributed by atoms with van der Waals surface area (Å²) in [6.45, 7) is -0.0266. The first-order chi connectivity index (χ1) is 12.0. The third-order valence-electron chi connectivity index (χ3n) is 3.47. The van der Waals surface area contributed by atoms with E-state index in [0.717, 1.165) is 11.8 Å². The molecule has 0 unspecified atom stereocenters. The fourth-order valence-corrected chi connectivity index (χ4v) is 3.45. The van der Waals surface area contributed by atoms with E-state index in [2.05, 4.69) is 9.82 Å². The van der Waals surface area contributed by atoms with Crippen LogP contribution in [0, 0.1) is 10.1 Å². The summed E-state index contributed by atoms with van der Waals surface area (Å²) in [5.74, 6) is 0. The van der Waals surface area contributed by atoms with Crippen molar-refractivity contribution < 1.29 is 13.3 Å². The highest BCUT2D eigenvalue weighted by atomic mass is 32.2. The molecule has 0 amide bonds. The lowest BCUT2D eigenvalue weighted by molar-refractivity contribution is -0.387. The lowest BCUT2D eigenvalue weighted by atomic mass is 10.3. The van der Waals surface area contributed by atoms with E-state index < -0.39 is 20.6 Å². The molecule has 0 aliphatic heterocycles. The van der Waals surface area contributed by atoms with Crippen LogP contribution in [-0.2, 0) is 16.6 Å². The van der Waals surface area contributed by atoms with Gasteiger partial charge in [-0.3, -0.25) is 10.1 Å². The molecule has 8 nitrogen and oxygen atoms in total. The van der Waals surface area contributed by atoms with Gasteiger partial charge in [-0.2, -0.15) is 5.10 Å². The number of sulfonamides is 1. The van der Waals surface area contributed by atoms with Crippen molar-refractivity contribution in [1.82, 2.24) is 14.5 Å². The maximum Gasteiger partial charge on any atom is 0.289 e. The Morgan fingerprint density at radius 3 is 2.48 bits per heavy atom. The van der Waals surface area contributed by atoms with Gasteiger partial charge in [-0.1, -0.05) is 30.3 Å². The number of hydrogen-bond donors (Lipinski definition) is 1. The highest BCUT2D eigenvalue weighted by molar-refractivity contribution is 7.89. The highest BCUT2D eigenvalue weighted by Gasteiger charge is 2.24. The molecular formula is C16H14N4O4S. The molecule has 0 atom stereocenters. The second kappa shape index (κ2) is 6.83. The number of nitro benzene ring substituents is 1. The minimum atomic E-state index is -4.02. The maximum atomic E-state index is 12.4. The Labute approximate surface area is 143 Å². The minimum Gasteiger partial charge on any atom is -0.258 e. The van der Waals surface area contributed by atoms with E-state index in [0.29, 0.717) is 5.56 Å². The van der Waals surface area contributed by atoms with Crippen molar-refractivity contribution in [3.63, 3.8) is 0 Å². The van der Waals surface area contributed by atoms with Crippen LogP contribution in [0.15, 0.2) is 71.9 Å². The van der Waals surface area contributed by atoms with Gasteiger partial charge in [0.25, 0.3) is 5.69 Å². The van der Waals surface area contributed by atoms with Crippen molar-refractivity contribution >= 4 is 15.7 Å². The van der Waals surface area contributed by atoms with Gasteiger partial charge < -0.3 is 0 Å². The van der Waals surface area contributed by atoms with Crippen LogP contribution in [0.1, 0.15) is 5.56 Å². The zero-order valence-electron chi connectivity index (χ0n) is 12.9. The van der Waals surface area contributed by atoms with Gasteiger partial charge in [0.2, 0.25) is 10.0 Å². The van der Waals surface area contributed by atoms with E-state index in [-0.39, 0.29) is 11.4 Å². The van der Waals surface area contributed by atoms with Crippen LogP contribution in [0.3, 0.4) is 0 Å². The van der Waals surface area contributed by atoms with Gasteiger partial charge >= 0.3 is 0 Å². The van der Waals surface area contributed by atoms with E-state index in [1.807, 2.05) is 30.3 Å². The topological polar surface area (TPSA) is 107 Å². The van der Waals surface area contributed by atoms with E-state index in [9.17, 15) is 18.5 Å². The molecule has 3 rings (SSSR count). The first-order valence-electron chi connectivity index (χ1n) is 7.29. The molecule has 0 aliphatic rings. The summed E-state index contributed by atoms with van der Waals surface area (Å²) in [4.78, 5) is 9.92. The van der Waals surface area contributed by atoms with E-state index >= 15 is 0 Å². The summed E-state index contributed by atoms with van der Waals surface area (Å²) in [6, 6.07) is 14.6. The second-order valence-corrected chi connectivity index (χ2v) is 6.91. The van der Waals surface area contributed by atoms with Gasteiger partial charge in [-0.15, -0.1) is 0 Å². The predicted molar refractivity (Wildman–Crippen MR) is 90.7 cm³/mol. The van der Waals surface area contributed by atoms with Crippen LogP contribution in [0.5, 0.6) is 0 Å².